The Hall–Kier alpha value is -0.780. The Morgan fingerprint density at radius 3 is 2.43 bits per heavy atom. The highest BCUT2D eigenvalue weighted by molar-refractivity contribution is 4.99. The van der Waals surface area contributed by atoms with Crippen LogP contribution in [0, 0.1) is 0 Å². The molecular weight excluding hydrogens is 84.1 g/mol. The molecule has 0 heteroatoms. The molecule has 0 amide bonds. The van der Waals surface area contributed by atoms with Crippen LogP contribution in [-0.2, 0) is 0 Å². The van der Waals surface area contributed by atoms with Crippen LogP contribution in [0.2, 0.25) is 0 Å². The van der Waals surface area contributed by atoms with Gasteiger partial charge < -0.3 is 0 Å². The molecule has 0 heterocycles. The van der Waals surface area contributed by atoms with E-state index >= 15 is 0 Å². The van der Waals surface area contributed by atoms with E-state index in [2.05, 4.69) is 13.2 Å². The molecule has 0 bridgehead atoms. The average molecular weight is 94.2 g/mol. The van der Waals surface area contributed by atoms with Crippen molar-refractivity contribution in [2.45, 2.75) is 6.42 Å². The van der Waals surface area contributed by atoms with E-state index in [1.807, 2.05) is 18.2 Å². The van der Waals surface area contributed by atoms with Crippen molar-refractivity contribution < 1.29 is 0 Å². The first-order valence-corrected chi connectivity index (χ1v) is 2.30. The Balaban J connectivity index is 3.08. The standard InChI is InChI=1S/C7H10/c1-3-5-7-6-4-2/h3-5,7H,1-2,6H2/b7-5-. The molecule has 0 rings (SSSR count). The van der Waals surface area contributed by atoms with Crippen LogP contribution < -0.4 is 0 Å². The second kappa shape index (κ2) is 5.22. The Bertz CT molecular complexity index is 78.0. The third-order valence-corrected chi connectivity index (χ3v) is 0.575. The van der Waals surface area contributed by atoms with Crippen molar-refractivity contribution in [1.82, 2.24) is 0 Å². The van der Waals surface area contributed by atoms with Crippen molar-refractivity contribution in [2.24, 2.45) is 0 Å². The highest BCUT2D eigenvalue weighted by atomic mass is 13.7. The van der Waals surface area contributed by atoms with Gasteiger partial charge in [-0.15, -0.1) is 6.58 Å². The minimum Gasteiger partial charge on any atom is -0.103 e. The maximum Gasteiger partial charge on any atom is -0.0169 e. The Morgan fingerprint density at radius 2 is 2.00 bits per heavy atom. The van der Waals surface area contributed by atoms with E-state index in [9.17, 15) is 0 Å². The summed E-state index contributed by atoms with van der Waals surface area (Å²) in [6.07, 6.45) is 8.44. The molecule has 0 N–H and O–H groups in total. The molecule has 0 radical (unpaired) electrons. The van der Waals surface area contributed by atoms with Gasteiger partial charge in [0, 0.05) is 0 Å². The predicted octanol–water partition coefficient (Wildman–Crippen LogP) is 2.30. The summed E-state index contributed by atoms with van der Waals surface area (Å²) in [5.41, 5.74) is 0. The zero-order chi connectivity index (χ0) is 5.54. The van der Waals surface area contributed by atoms with Crippen molar-refractivity contribution in [3.63, 3.8) is 0 Å². The smallest absolute Gasteiger partial charge is 0.0169 e. The molecule has 0 spiro atoms. The fourth-order valence-electron chi connectivity index (χ4n) is 0.271. The van der Waals surface area contributed by atoms with Gasteiger partial charge >= 0.3 is 0 Å². The fraction of sp³-hybridized carbons (Fsp3) is 0.143. The van der Waals surface area contributed by atoms with Gasteiger partial charge in [0.05, 0.1) is 0 Å². The molecule has 0 aliphatic carbocycles. The van der Waals surface area contributed by atoms with E-state index in [4.69, 9.17) is 0 Å². The lowest BCUT2D eigenvalue weighted by Crippen LogP contribution is -1.50. The van der Waals surface area contributed by atoms with Crippen LogP contribution in [0.5, 0.6) is 0 Å². The molecular formula is C7H10. The van der Waals surface area contributed by atoms with Crippen molar-refractivity contribution in [2.75, 3.05) is 0 Å². The van der Waals surface area contributed by atoms with Crippen LogP contribution in [-0.4, -0.2) is 0 Å². The molecule has 0 aliphatic heterocycles. The lowest BCUT2D eigenvalue weighted by Gasteiger charge is -1.71. The number of allylic oxidation sites excluding steroid dienone is 4. The topological polar surface area (TPSA) is 0 Å². The molecule has 0 unspecified atom stereocenters. The lowest BCUT2D eigenvalue weighted by atomic mass is 10.4. The second-order valence-corrected chi connectivity index (χ2v) is 1.19. The van der Waals surface area contributed by atoms with Crippen molar-refractivity contribution in [3.05, 3.63) is 37.5 Å². The molecule has 0 saturated carbocycles. The summed E-state index contributed by atoms with van der Waals surface area (Å²) in [6.45, 7) is 7.06. The third kappa shape index (κ3) is 5.22. The maximum atomic E-state index is 3.55. The van der Waals surface area contributed by atoms with Gasteiger partial charge in [-0.05, 0) is 6.42 Å². The summed E-state index contributed by atoms with van der Waals surface area (Å²) in [5, 5.41) is 0. The molecule has 0 aromatic rings. The number of hydrogen-bond acceptors (Lipinski definition) is 0. The molecule has 0 aromatic carbocycles. The van der Waals surface area contributed by atoms with Crippen LogP contribution in [0.4, 0.5) is 0 Å². The summed E-state index contributed by atoms with van der Waals surface area (Å²) in [7, 11) is 0. The van der Waals surface area contributed by atoms with E-state index in [0.717, 1.165) is 6.42 Å². The molecule has 0 saturated heterocycles. The first-order valence-electron chi connectivity index (χ1n) is 2.30. The minimum atomic E-state index is 0.937. The van der Waals surface area contributed by atoms with E-state index in [0.29, 0.717) is 0 Å². The quantitative estimate of drug-likeness (QED) is 0.372. The lowest BCUT2D eigenvalue weighted by molar-refractivity contribution is 1.41. The molecule has 0 nitrogen and oxygen atoms in total. The van der Waals surface area contributed by atoms with Gasteiger partial charge in [0.15, 0.2) is 0 Å². The number of rotatable bonds is 3. The molecule has 0 aromatic heterocycles. The van der Waals surface area contributed by atoms with Gasteiger partial charge in [-0.3, -0.25) is 0 Å². The average Bonchev–Trinajstić information content (AvgIpc) is 1.69. The SMILES string of the molecule is C=C/C=C\CC=C. The second-order valence-electron chi connectivity index (χ2n) is 1.19. The van der Waals surface area contributed by atoms with Crippen molar-refractivity contribution in [3.8, 4) is 0 Å². The minimum absolute atomic E-state index is 0.937. The van der Waals surface area contributed by atoms with Gasteiger partial charge in [-0.1, -0.05) is 30.9 Å². The maximum absolute atomic E-state index is 3.55. The van der Waals surface area contributed by atoms with Gasteiger partial charge in [0.1, 0.15) is 0 Å². The monoisotopic (exact) mass is 94.1 g/mol. The molecule has 7 heavy (non-hydrogen) atoms. The van der Waals surface area contributed by atoms with E-state index in [-0.39, 0.29) is 0 Å². The van der Waals surface area contributed by atoms with Crippen LogP contribution in [0.25, 0.3) is 0 Å². The van der Waals surface area contributed by atoms with Gasteiger partial charge in [-0.25, -0.2) is 0 Å². The third-order valence-electron chi connectivity index (χ3n) is 0.575. The largest absolute Gasteiger partial charge is 0.103 e. The summed E-state index contributed by atoms with van der Waals surface area (Å²) < 4.78 is 0. The zero-order valence-corrected chi connectivity index (χ0v) is 4.43. The fourth-order valence-corrected chi connectivity index (χ4v) is 0.271. The Kier molecular flexibility index (Phi) is 4.64. The Morgan fingerprint density at radius 1 is 1.29 bits per heavy atom. The van der Waals surface area contributed by atoms with Gasteiger partial charge in [0.25, 0.3) is 0 Å². The normalized spacial score (nSPS) is 9.14. The van der Waals surface area contributed by atoms with Crippen LogP contribution >= 0.6 is 0 Å². The predicted molar refractivity (Wildman–Crippen MR) is 34.2 cm³/mol. The molecule has 0 fully saturated rings. The van der Waals surface area contributed by atoms with Crippen LogP contribution in [0.1, 0.15) is 6.42 Å². The summed E-state index contributed by atoms with van der Waals surface area (Å²) >= 11 is 0. The summed E-state index contributed by atoms with van der Waals surface area (Å²) in [5.74, 6) is 0. The van der Waals surface area contributed by atoms with Crippen molar-refractivity contribution in [1.29, 1.82) is 0 Å². The highest BCUT2D eigenvalue weighted by Crippen LogP contribution is 1.81. The molecule has 0 atom stereocenters. The van der Waals surface area contributed by atoms with Crippen LogP contribution in [0.3, 0.4) is 0 Å². The van der Waals surface area contributed by atoms with E-state index in [1.165, 1.54) is 0 Å². The van der Waals surface area contributed by atoms with Crippen molar-refractivity contribution >= 4 is 0 Å². The number of hydrogen-bond donors (Lipinski definition) is 0. The van der Waals surface area contributed by atoms with E-state index < -0.39 is 0 Å². The van der Waals surface area contributed by atoms with Gasteiger partial charge in [0.2, 0.25) is 0 Å². The molecule has 38 valence electrons. The Labute approximate surface area is 44.9 Å². The summed E-state index contributed by atoms with van der Waals surface area (Å²) in [6, 6.07) is 0. The van der Waals surface area contributed by atoms with E-state index in [1.54, 1.807) is 6.08 Å². The zero-order valence-electron chi connectivity index (χ0n) is 4.43. The molecule has 0 aliphatic rings. The van der Waals surface area contributed by atoms with Gasteiger partial charge in [-0.2, -0.15) is 0 Å². The first-order chi connectivity index (χ1) is 3.41. The summed E-state index contributed by atoms with van der Waals surface area (Å²) in [4.78, 5) is 0. The van der Waals surface area contributed by atoms with Crippen LogP contribution in [0.15, 0.2) is 37.5 Å². The highest BCUT2D eigenvalue weighted by Gasteiger charge is 1.59. The first kappa shape index (κ1) is 6.22.